The molecule has 0 aliphatic carbocycles. The molecule has 0 saturated carbocycles. The minimum atomic E-state index is -0.217. The van der Waals surface area contributed by atoms with Crippen molar-refractivity contribution >= 4 is 11.3 Å². The second kappa shape index (κ2) is 7.50. The molecule has 0 amide bonds. The van der Waals surface area contributed by atoms with Crippen molar-refractivity contribution in [3.8, 4) is 0 Å². The van der Waals surface area contributed by atoms with Crippen LogP contribution in [0.4, 0.5) is 0 Å². The van der Waals surface area contributed by atoms with Gasteiger partial charge in [0.15, 0.2) is 0 Å². The molecule has 20 heavy (non-hydrogen) atoms. The number of aliphatic hydroxyl groups excluding tert-OH is 1. The van der Waals surface area contributed by atoms with E-state index >= 15 is 0 Å². The zero-order valence-corrected chi connectivity index (χ0v) is 13.6. The SMILES string of the molecule is CC(C)c1nc(CN(C)CC(O)C2CCNCC2)cs1. The highest BCUT2D eigenvalue weighted by Gasteiger charge is 2.22. The van der Waals surface area contributed by atoms with Gasteiger partial charge in [-0.05, 0) is 38.9 Å². The first-order chi connectivity index (χ1) is 9.56. The summed E-state index contributed by atoms with van der Waals surface area (Å²) in [4.78, 5) is 6.84. The molecule has 1 fully saturated rings. The van der Waals surface area contributed by atoms with E-state index in [1.165, 1.54) is 5.01 Å². The normalized spacial score (nSPS) is 18.9. The predicted octanol–water partition coefficient (Wildman–Crippen LogP) is 2.06. The Morgan fingerprint density at radius 3 is 2.75 bits per heavy atom. The molecule has 4 nitrogen and oxygen atoms in total. The first-order valence-electron chi connectivity index (χ1n) is 7.58. The van der Waals surface area contributed by atoms with Gasteiger partial charge < -0.3 is 10.4 Å². The van der Waals surface area contributed by atoms with Crippen LogP contribution in [0.3, 0.4) is 0 Å². The van der Waals surface area contributed by atoms with Crippen LogP contribution in [0.2, 0.25) is 0 Å². The van der Waals surface area contributed by atoms with Crippen molar-refractivity contribution in [1.29, 1.82) is 0 Å². The summed E-state index contributed by atoms with van der Waals surface area (Å²) in [5, 5.41) is 17.0. The molecular formula is C15H27N3OS. The quantitative estimate of drug-likeness (QED) is 0.844. The highest BCUT2D eigenvalue weighted by atomic mass is 32.1. The Morgan fingerprint density at radius 1 is 1.45 bits per heavy atom. The number of piperidine rings is 1. The van der Waals surface area contributed by atoms with Gasteiger partial charge in [-0.25, -0.2) is 4.98 Å². The predicted molar refractivity (Wildman–Crippen MR) is 84.1 cm³/mol. The van der Waals surface area contributed by atoms with Crippen molar-refractivity contribution in [2.75, 3.05) is 26.7 Å². The van der Waals surface area contributed by atoms with Crippen LogP contribution in [0.25, 0.3) is 0 Å². The number of likely N-dealkylation sites (N-methyl/N-ethyl adjacent to an activating group) is 1. The summed E-state index contributed by atoms with van der Waals surface area (Å²) >= 11 is 1.74. The van der Waals surface area contributed by atoms with Gasteiger partial charge in [0, 0.05) is 24.4 Å². The summed E-state index contributed by atoms with van der Waals surface area (Å²) in [6.07, 6.45) is 1.96. The molecule has 2 rings (SSSR count). The van der Waals surface area contributed by atoms with Gasteiger partial charge in [0.1, 0.15) is 0 Å². The topological polar surface area (TPSA) is 48.4 Å². The zero-order chi connectivity index (χ0) is 14.5. The molecule has 1 atom stereocenters. The lowest BCUT2D eigenvalue weighted by molar-refractivity contribution is 0.0559. The van der Waals surface area contributed by atoms with Crippen LogP contribution in [-0.2, 0) is 6.54 Å². The molecule has 1 unspecified atom stereocenters. The summed E-state index contributed by atoms with van der Waals surface area (Å²) in [5.74, 6) is 0.944. The zero-order valence-electron chi connectivity index (χ0n) is 12.8. The number of aliphatic hydroxyl groups is 1. The molecule has 0 radical (unpaired) electrons. The lowest BCUT2D eigenvalue weighted by atomic mass is 9.92. The maximum atomic E-state index is 10.3. The highest BCUT2D eigenvalue weighted by molar-refractivity contribution is 7.09. The third-order valence-electron chi connectivity index (χ3n) is 3.92. The third-order valence-corrected chi connectivity index (χ3v) is 5.12. The molecule has 2 N–H and O–H groups in total. The number of nitrogens with zero attached hydrogens (tertiary/aromatic N) is 2. The van der Waals surface area contributed by atoms with E-state index in [-0.39, 0.29) is 6.10 Å². The minimum Gasteiger partial charge on any atom is -0.392 e. The average Bonchev–Trinajstić information content (AvgIpc) is 2.88. The summed E-state index contributed by atoms with van der Waals surface area (Å²) in [6.45, 7) is 7.98. The summed E-state index contributed by atoms with van der Waals surface area (Å²) < 4.78 is 0. The lowest BCUT2D eigenvalue weighted by Gasteiger charge is -2.29. The number of hydrogen-bond acceptors (Lipinski definition) is 5. The molecule has 2 heterocycles. The summed E-state index contributed by atoms with van der Waals surface area (Å²) in [7, 11) is 2.07. The van der Waals surface area contributed by atoms with Gasteiger partial charge in [0.05, 0.1) is 16.8 Å². The van der Waals surface area contributed by atoms with Gasteiger partial charge in [0.2, 0.25) is 0 Å². The van der Waals surface area contributed by atoms with E-state index < -0.39 is 0 Å². The Kier molecular flexibility index (Phi) is 5.96. The van der Waals surface area contributed by atoms with Crippen molar-refractivity contribution in [1.82, 2.24) is 15.2 Å². The van der Waals surface area contributed by atoms with E-state index in [1.807, 2.05) is 0 Å². The molecule has 0 spiro atoms. The van der Waals surface area contributed by atoms with Crippen LogP contribution in [0.5, 0.6) is 0 Å². The number of aromatic nitrogens is 1. The molecule has 1 aromatic heterocycles. The molecule has 0 aromatic carbocycles. The van der Waals surface area contributed by atoms with Gasteiger partial charge in [-0.1, -0.05) is 13.8 Å². The van der Waals surface area contributed by atoms with E-state index in [2.05, 4.69) is 41.5 Å². The molecule has 5 heteroatoms. The molecule has 1 saturated heterocycles. The lowest BCUT2D eigenvalue weighted by Crippen LogP contribution is -2.39. The van der Waals surface area contributed by atoms with Crippen molar-refractivity contribution in [2.24, 2.45) is 5.92 Å². The van der Waals surface area contributed by atoms with Gasteiger partial charge >= 0.3 is 0 Å². The third kappa shape index (κ3) is 4.52. The fourth-order valence-corrected chi connectivity index (χ4v) is 3.53. The van der Waals surface area contributed by atoms with Gasteiger partial charge in [0.25, 0.3) is 0 Å². The Hall–Kier alpha value is -0.490. The van der Waals surface area contributed by atoms with Crippen LogP contribution >= 0.6 is 11.3 Å². The van der Waals surface area contributed by atoms with Gasteiger partial charge in [-0.3, -0.25) is 4.90 Å². The monoisotopic (exact) mass is 297 g/mol. The van der Waals surface area contributed by atoms with Crippen LogP contribution in [0, 0.1) is 5.92 Å². The van der Waals surface area contributed by atoms with E-state index in [0.717, 1.165) is 44.7 Å². The second-order valence-corrected chi connectivity index (χ2v) is 7.07. The number of rotatable bonds is 6. The Bertz CT molecular complexity index is 402. The van der Waals surface area contributed by atoms with Crippen molar-refractivity contribution in [3.63, 3.8) is 0 Å². The molecule has 0 bridgehead atoms. The van der Waals surface area contributed by atoms with Gasteiger partial charge in [-0.15, -0.1) is 11.3 Å². The first-order valence-corrected chi connectivity index (χ1v) is 8.46. The van der Waals surface area contributed by atoms with Crippen molar-refractivity contribution in [3.05, 3.63) is 16.1 Å². The van der Waals surface area contributed by atoms with Crippen LogP contribution in [-0.4, -0.2) is 47.8 Å². The Morgan fingerprint density at radius 2 is 2.15 bits per heavy atom. The van der Waals surface area contributed by atoms with E-state index in [0.29, 0.717) is 11.8 Å². The average molecular weight is 297 g/mol. The largest absolute Gasteiger partial charge is 0.392 e. The molecule has 1 aliphatic heterocycles. The molecule has 114 valence electrons. The molecule has 1 aromatic rings. The fraction of sp³-hybridized carbons (Fsp3) is 0.800. The van der Waals surface area contributed by atoms with Crippen molar-refractivity contribution < 1.29 is 5.11 Å². The van der Waals surface area contributed by atoms with Gasteiger partial charge in [-0.2, -0.15) is 0 Å². The van der Waals surface area contributed by atoms with Crippen LogP contribution < -0.4 is 5.32 Å². The first kappa shape index (κ1) is 15.9. The summed E-state index contributed by atoms with van der Waals surface area (Å²) in [6, 6.07) is 0. The highest BCUT2D eigenvalue weighted by Crippen LogP contribution is 2.21. The Balaban J connectivity index is 1.80. The van der Waals surface area contributed by atoms with E-state index in [9.17, 15) is 5.11 Å². The van der Waals surface area contributed by atoms with Crippen LogP contribution in [0.1, 0.15) is 43.3 Å². The molecule has 1 aliphatic rings. The summed E-state index contributed by atoms with van der Waals surface area (Å²) in [5.41, 5.74) is 1.12. The second-order valence-electron chi connectivity index (χ2n) is 6.18. The fourth-order valence-electron chi connectivity index (χ4n) is 2.70. The number of thiazole rings is 1. The van der Waals surface area contributed by atoms with E-state index in [1.54, 1.807) is 11.3 Å². The smallest absolute Gasteiger partial charge is 0.0954 e. The number of nitrogens with one attached hydrogen (secondary N) is 1. The van der Waals surface area contributed by atoms with Crippen molar-refractivity contribution in [2.45, 2.75) is 45.3 Å². The van der Waals surface area contributed by atoms with E-state index in [4.69, 9.17) is 0 Å². The van der Waals surface area contributed by atoms with Crippen LogP contribution in [0.15, 0.2) is 5.38 Å². The standard InChI is InChI=1S/C15H27N3OS/c1-11(2)15-17-13(10-20-15)8-18(3)9-14(19)12-4-6-16-7-5-12/h10-12,14,16,19H,4-9H2,1-3H3. The minimum absolute atomic E-state index is 0.217. The Labute approximate surface area is 126 Å². The maximum Gasteiger partial charge on any atom is 0.0954 e. The molecular weight excluding hydrogens is 270 g/mol. The maximum absolute atomic E-state index is 10.3. The number of hydrogen-bond donors (Lipinski definition) is 2.